The number of fused-ring (bicyclic) bond motifs is 1. The third kappa shape index (κ3) is 3.90. The van der Waals surface area contributed by atoms with Gasteiger partial charge in [0.25, 0.3) is 0 Å². The molecule has 0 aliphatic rings. The molecule has 1 amide bonds. The molecule has 6 nitrogen and oxygen atoms in total. The molecule has 0 spiro atoms. The molecule has 142 valence electrons. The summed E-state index contributed by atoms with van der Waals surface area (Å²) in [6, 6.07) is 7.70. The van der Waals surface area contributed by atoms with E-state index >= 15 is 0 Å². The Morgan fingerprint density at radius 3 is 2.59 bits per heavy atom. The predicted molar refractivity (Wildman–Crippen MR) is 108 cm³/mol. The molecule has 0 radical (unpaired) electrons. The summed E-state index contributed by atoms with van der Waals surface area (Å²) in [5.41, 5.74) is 3.74. The van der Waals surface area contributed by atoms with Gasteiger partial charge in [0.1, 0.15) is 11.2 Å². The fraction of sp³-hybridized carbons (Fsp3) is 0.350. The normalized spacial score (nSPS) is 11.6. The summed E-state index contributed by atoms with van der Waals surface area (Å²) in [5, 5.41) is 0.997. The monoisotopic (exact) mass is 386 g/mol. The standard InChI is InChI=1S/C20H23ClN4O2/c1-20(2,3)27-19(26)25(5)13-6-7-17(23-12-13)15-8-9-22-18-16(15)10-14(11-21)24(18)4/h6-10,12H,11H2,1-5H3. The van der Waals surface area contributed by atoms with E-state index in [0.29, 0.717) is 11.6 Å². The molecule has 3 heterocycles. The number of aromatic nitrogens is 3. The summed E-state index contributed by atoms with van der Waals surface area (Å²) in [4.78, 5) is 22.6. The van der Waals surface area contributed by atoms with Crippen molar-refractivity contribution in [2.75, 3.05) is 11.9 Å². The van der Waals surface area contributed by atoms with Crippen molar-refractivity contribution in [3.8, 4) is 11.3 Å². The zero-order valence-electron chi connectivity index (χ0n) is 16.2. The topological polar surface area (TPSA) is 60.3 Å². The van der Waals surface area contributed by atoms with Crippen LogP contribution < -0.4 is 4.90 Å². The van der Waals surface area contributed by atoms with Crippen LogP contribution in [0.4, 0.5) is 10.5 Å². The maximum atomic E-state index is 12.2. The number of rotatable bonds is 3. The SMILES string of the molecule is CN(C(=O)OC(C)(C)C)c1ccc(-c2ccnc3c2cc(CCl)n3C)nc1. The van der Waals surface area contributed by atoms with E-state index in [9.17, 15) is 4.79 Å². The van der Waals surface area contributed by atoms with E-state index in [2.05, 4.69) is 9.97 Å². The van der Waals surface area contributed by atoms with Gasteiger partial charge in [0.2, 0.25) is 0 Å². The molecule has 3 aromatic heterocycles. The average Bonchev–Trinajstić information content (AvgIpc) is 2.96. The second kappa shape index (κ2) is 7.19. The molecule has 0 bridgehead atoms. The molecule has 7 heteroatoms. The molecule has 0 saturated heterocycles. The minimum Gasteiger partial charge on any atom is -0.443 e. The van der Waals surface area contributed by atoms with Gasteiger partial charge < -0.3 is 9.30 Å². The average molecular weight is 387 g/mol. The van der Waals surface area contributed by atoms with Gasteiger partial charge >= 0.3 is 6.09 Å². The van der Waals surface area contributed by atoms with Crippen molar-refractivity contribution >= 4 is 34.4 Å². The van der Waals surface area contributed by atoms with Crippen LogP contribution in [0.5, 0.6) is 0 Å². The van der Waals surface area contributed by atoms with Gasteiger partial charge in [-0.1, -0.05) is 0 Å². The molecule has 0 N–H and O–H groups in total. The van der Waals surface area contributed by atoms with Crippen LogP contribution in [0.25, 0.3) is 22.3 Å². The van der Waals surface area contributed by atoms with Gasteiger partial charge in [-0.2, -0.15) is 0 Å². The quantitative estimate of drug-likeness (QED) is 0.609. The van der Waals surface area contributed by atoms with Crippen molar-refractivity contribution in [1.82, 2.24) is 14.5 Å². The van der Waals surface area contributed by atoms with Crippen LogP contribution in [0, 0.1) is 0 Å². The summed E-state index contributed by atoms with van der Waals surface area (Å²) >= 11 is 6.02. The zero-order chi connectivity index (χ0) is 19.8. The molecule has 0 unspecified atom stereocenters. The Bertz CT molecular complexity index is 974. The highest BCUT2D eigenvalue weighted by Gasteiger charge is 2.21. The van der Waals surface area contributed by atoms with E-state index in [1.54, 1.807) is 19.4 Å². The lowest BCUT2D eigenvalue weighted by molar-refractivity contribution is 0.0589. The Kier molecular flexibility index (Phi) is 5.11. The lowest BCUT2D eigenvalue weighted by atomic mass is 10.1. The number of ether oxygens (including phenoxy) is 1. The summed E-state index contributed by atoms with van der Waals surface area (Å²) in [6.07, 6.45) is 3.01. The van der Waals surface area contributed by atoms with Gasteiger partial charge in [-0.05, 0) is 45.0 Å². The Labute approximate surface area is 163 Å². The van der Waals surface area contributed by atoms with Crippen molar-refractivity contribution in [2.45, 2.75) is 32.3 Å². The highest BCUT2D eigenvalue weighted by atomic mass is 35.5. The summed E-state index contributed by atoms with van der Waals surface area (Å²) in [6.45, 7) is 5.51. The van der Waals surface area contributed by atoms with Crippen LogP contribution in [0.1, 0.15) is 26.5 Å². The first-order valence-corrected chi connectivity index (χ1v) is 9.17. The minimum atomic E-state index is -0.547. The predicted octanol–water partition coefficient (Wildman–Crippen LogP) is 4.75. The van der Waals surface area contributed by atoms with Crippen LogP contribution in [-0.4, -0.2) is 33.3 Å². The molecule has 0 atom stereocenters. The lowest BCUT2D eigenvalue weighted by Crippen LogP contribution is -2.34. The third-order valence-electron chi connectivity index (χ3n) is 4.24. The smallest absolute Gasteiger partial charge is 0.414 e. The molecule has 0 aliphatic heterocycles. The number of hydrogen-bond donors (Lipinski definition) is 0. The highest BCUT2D eigenvalue weighted by molar-refractivity contribution is 6.17. The Balaban J connectivity index is 1.92. The molecule has 3 rings (SSSR count). The van der Waals surface area contributed by atoms with Gasteiger partial charge in [-0.25, -0.2) is 9.78 Å². The van der Waals surface area contributed by atoms with Gasteiger partial charge in [-0.3, -0.25) is 9.88 Å². The molecular weight excluding hydrogens is 364 g/mol. The third-order valence-corrected chi connectivity index (χ3v) is 4.52. The maximum absolute atomic E-state index is 12.2. The number of carbonyl (C=O) groups excluding carboxylic acids is 1. The number of halogens is 1. The minimum absolute atomic E-state index is 0.416. The zero-order valence-corrected chi connectivity index (χ0v) is 16.9. The van der Waals surface area contributed by atoms with E-state index in [1.165, 1.54) is 4.90 Å². The van der Waals surface area contributed by atoms with Crippen molar-refractivity contribution in [1.29, 1.82) is 0 Å². The second-order valence-corrected chi connectivity index (χ2v) is 7.63. The first-order valence-electron chi connectivity index (χ1n) is 8.63. The van der Waals surface area contributed by atoms with E-state index < -0.39 is 11.7 Å². The van der Waals surface area contributed by atoms with Crippen molar-refractivity contribution in [2.24, 2.45) is 7.05 Å². The van der Waals surface area contributed by atoms with E-state index in [-0.39, 0.29) is 0 Å². The van der Waals surface area contributed by atoms with Crippen molar-refractivity contribution in [3.05, 3.63) is 42.4 Å². The Morgan fingerprint density at radius 1 is 1.26 bits per heavy atom. The largest absolute Gasteiger partial charge is 0.443 e. The van der Waals surface area contributed by atoms with Crippen LogP contribution in [-0.2, 0) is 17.7 Å². The summed E-state index contributed by atoms with van der Waals surface area (Å²) in [5.74, 6) is 0.416. The summed E-state index contributed by atoms with van der Waals surface area (Å²) < 4.78 is 7.37. The summed E-state index contributed by atoms with van der Waals surface area (Å²) in [7, 11) is 3.61. The van der Waals surface area contributed by atoms with Gasteiger partial charge in [-0.15, -0.1) is 11.6 Å². The first-order chi connectivity index (χ1) is 12.7. The number of anilines is 1. The Hall–Kier alpha value is -2.60. The number of alkyl halides is 1. The first kappa shape index (κ1) is 19.2. The molecular formula is C20H23ClN4O2. The van der Waals surface area contributed by atoms with E-state index in [4.69, 9.17) is 16.3 Å². The highest BCUT2D eigenvalue weighted by Crippen LogP contribution is 2.29. The maximum Gasteiger partial charge on any atom is 0.414 e. The van der Waals surface area contributed by atoms with E-state index in [1.807, 2.05) is 56.7 Å². The number of amides is 1. The number of pyridine rings is 2. The molecule has 0 aliphatic carbocycles. The molecule has 0 aromatic carbocycles. The number of nitrogens with zero attached hydrogens (tertiary/aromatic N) is 4. The van der Waals surface area contributed by atoms with Crippen LogP contribution in [0.3, 0.4) is 0 Å². The number of carbonyl (C=O) groups is 1. The Morgan fingerprint density at radius 2 is 2.00 bits per heavy atom. The van der Waals surface area contributed by atoms with E-state index in [0.717, 1.165) is 28.0 Å². The molecule has 27 heavy (non-hydrogen) atoms. The fourth-order valence-electron chi connectivity index (χ4n) is 2.80. The molecule has 3 aromatic rings. The molecule has 0 saturated carbocycles. The van der Waals surface area contributed by atoms with Gasteiger partial charge in [0, 0.05) is 36.9 Å². The number of aryl methyl sites for hydroxylation is 1. The van der Waals surface area contributed by atoms with Crippen molar-refractivity contribution < 1.29 is 9.53 Å². The number of hydrogen-bond acceptors (Lipinski definition) is 4. The van der Waals surface area contributed by atoms with Crippen molar-refractivity contribution in [3.63, 3.8) is 0 Å². The van der Waals surface area contributed by atoms with Crippen LogP contribution in [0.15, 0.2) is 36.7 Å². The van der Waals surface area contributed by atoms with Crippen LogP contribution in [0.2, 0.25) is 0 Å². The molecule has 0 fully saturated rings. The van der Waals surface area contributed by atoms with Gasteiger partial charge in [0.15, 0.2) is 0 Å². The fourth-order valence-corrected chi connectivity index (χ4v) is 3.06. The van der Waals surface area contributed by atoms with Gasteiger partial charge in [0.05, 0.1) is 23.5 Å². The lowest BCUT2D eigenvalue weighted by Gasteiger charge is -2.24. The second-order valence-electron chi connectivity index (χ2n) is 7.37. The van der Waals surface area contributed by atoms with Crippen LogP contribution >= 0.6 is 11.6 Å².